The standard InChI is InChI=1S/C18H23ClN2O4/c1-11-8-15(4-6-17(11)19)24-10-14(22)9-20-18(23)7-5-16-12(2)21-25-13(16)3/h4,6,8,14,22H,5,7,9-10H2,1-3H3,(H,20,23). The lowest BCUT2D eigenvalue weighted by Gasteiger charge is -2.14. The summed E-state index contributed by atoms with van der Waals surface area (Å²) in [6.45, 7) is 5.78. The van der Waals surface area contributed by atoms with Crippen LogP contribution in [0.3, 0.4) is 0 Å². The predicted molar refractivity (Wildman–Crippen MR) is 95.0 cm³/mol. The van der Waals surface area contributed by atoms with Crippen molar-refractivity contribution in [1.29, 1.82) is 0 Å². The van der Waals surface area contributed by atoms with Crippen molar-refractivity contribution in [2.45, 2.75) is 39.7 Å². The van der Waals surface area contributed by atoms with Crippen LogP contribution in [0.5, 0.6) is 5.75 Å². The summed E-state index contributed by atoms with van der Waals surface area (Å²) in [5.74, 6) is 1.23. The first-order chi connectivity index (χ1) is 11.9. The van der Waals surface area contributed by atoms with Gasteiger partial charge < -0.3 is 19.7 Å². The smallest absolute Gasteiger partial charge is 0.220 e. The first-order valence-electron chi connectivity index (χ1n) is 8.12. The molecule has 1 heterocycles. The lowest BCUT2D eigenvalue weighted by molar-refractivity contribution is -0.121. The van der Waals surface area contributed by atoms with Crippen molar-refractivity contribution >= 4 is 17.5 Å². The van der Waals surface area contributed by atoms with Gasteiger partial charge in [0.25, 0.3) is 0 Å². The van der Waals surface area contributed by atoms with Gasteiger partial charge in [0.15, 0.2) is 0 Å². The van der Waals surface area contributed by atoms with Crippen LogP contribution in [0.4, 0.5) is 0 Å². The topological polar surface area (TPSA) is 84.6 Å². The Morgan fingerprint density at radius 3 is 2.80 bits per heavy atom. The lowest BCUT2D eigenvalue weighted by Crippen LogP contribution is -2.35. The predicted octanol–water partition coefficient (Wildman–Crippen LogP) is 2.74. The Balaban J connectivity index is 1.69. The van der Waals surface area contributed by atoms with Gasteiger partial charge in [0.1, 0.15) is 24.2 Å². The molecule has 0 aliphatic heterocycles. The van der Waals surface area contributed by atoms with E-state index in [0.717, 1.165) is 22.6 Å². The summed E-state index contributed by atoms with van der Waals surface area (Å²) >= 11 is 5.95. The molecule has 0 fully saturated rings. The minimum absolute atomic E-state index is 0.0885. The highest BCUT2D eigenvalue weighted by molar-refractivity contribution is 6.31. The molecule has 0 saturated carbocycles. The monoisotopic (exact) mass is 366 g/mol. The fourth-order valence-corrected chi connectivity index (χ4v) is 2.49. The highest BCUT2D eigenvalue weighted by atomic mass is 35.5. The maximum absolute atomic E-state index is 11.9. The van der Waals surface area contributed by atoms with Gasteiger partial charge in [-0.2, -0.15) is 0 Å². The van der Waals surface area contributed by atoms with Crippen molar-refractivity contribution < 1.29 is 19.2 Å². The summed E-state index contributed by atoms with van der Waals surface area (Å²) in [5, 5.41) is 17.2. The molecule has 0 spiro atoms. The minimum Gasteiger partial charge on any atom is -0.491 e. The van der Waals surface area contributed by atoms with Crippen molar-refractivity contribution in [1.82, 2.24) is 10.5 Å². The molecule has 0 radical (unpaired) electrons. The third kappa shape index (κ3) is 5.76. The molecule has 6 nitrogen and oxygen atoms in total. The normalized spacial score (nSPS) is 12.0. The molecular formula is C18H23ClN2O4. The van der Waals surface area contributed by atoms with E-state index in [1.807, 2.05) is 20.8 Å². The van der Waals surface area contributed by atoms with Crippen LogP contribution in [0.1, 0.15) is 29.0 Å². The molecule has 7 heteroatoms. The summed E-state index contributed by atoms with van der Waals surface area (Å²) in [6.07, 6.45) is 0.0789. The van der Waals surface area contributed by atoms with Gasteiger partial charge in [-0.05, 0) is 51.0 Å². The Labute approximate surface area is 152 Å². The van der Waals surface area contributed by atoms with E-state index in [0.29, 0.717) is 23.6 Å². The van der Waals surface area contributed by atoms with Gasteiger partial charge in [-0.1, -0.05) is 16.8 Å². The highest BCUT2D eigenvalue weighted by Crippen LogP contribution is 2.21. The van der Waals surface area contributed by atoms with Gasteiger partial charge >= 0.3 is 0 Å². The quantitative estimate of drug-likeness (QED) is 0.750. The molecule has 1 unspecified atom stereocenters. The number of benzene rings is 1. The Bertz CT molecular complexity index is 710. The number of hydrogen-bond acceptors (Lipinski definition) is 5. The second-order valence-corrected chi connectivity index (χ2v) is 6.39. The molecule has 0 aliphatic rings. The average molecular weight is 367 g/mol. The Hall–Kier alpha value is -2.05. The zero-order chi connectivity index (χ0) is 18.4. The fraction of sp³-hybridized carbons (Fsp3) is 0.444. The molecule has 2 N–H and O–H groups in total. The number of aryl methyl sites for hydroxylation is 3. The third-order valence-corrected chi connectivity index (χ3v) is 4.31. The number of rotatable bonds is 8. The van der Waals surface area contributed by atoms with Crippen LogP contribution in [0.15, 0.2) is 22.7 Å². The number of aliphatic hydroxyl groups is 1. The first kappa shape index (κ1) is 19.3. The number of amides is 1. The molecule has 0 aliphatic carbocycles. The van der Waals surface area contributed by atoms with Crippen molar-refractivity contribution in [3.63, 3.8) is 0 Å². The molecule has 1 aromatic heterocycles. The molecular weight excluding hydrogens is 344 g/mol. The van der Waals surface area contributed by atoms with Crippen LogP contribution in [0, 0.1) is 20.8 Å². The van der Waals surface area contributed by atoms with Gasteiger partial charge in [-0.3, -0.25) is 4.79 Å². The molecule has 1 atom stereocenters. The maximum atomic E-state index is 11.9. The number of nitrogens with one attached hydrogen (secondary N) is 1. The lowest BCUT2D eigenvalue weighted by atomic mass is 10.1. The second kappa shape index (κ2) is 8.87. The van der Waals surface area contributed by atoms with Crippen LogP contribution in [-0.4, -0.2) is 35.4 Å². The number of aliphatic hydroxyl groups excluding tert-OH is 1. The van der Waals surface area contributed by atoms with Crippen molar-refractivity contribution in [3.8, 4) is 5.75 Å². The SMILES string of the molecule is Cc1cc(OCC(O)CNC(=O)CCc2c(C)noc2C)ccc1Cl. The maximum Gasteiger partial charge on any atom is 0.220 e. The number of ether oxygens (including phenoxy) is 1. The summed E-state index contributed by atoms with van der Waals surface area (Å²) in [6, 6.07) is 5.29. The fourth-order valence-electron chi connectivity index (χ4n) is 2.38. The first-order valence-corrected chi connectivity index (χ1v) is 8.50. The zero-order valence-corrected chi connectivity index (χ0v) is 15.4. The van der Waals surface area contributed by atoms with E-state index >= 15 is 0 Å². The van der Waals surface area contributed by atoms with Crippen LogP contribution < -0.4 is 10.1 Å². The number of halogens is 1. The van der Waals surface area contributed by atoms with Gasteiger partial charge in [0.05, 0.1) is 5.69 Å². The second-order valence-electron chi connectivity index (χ2n) is 5.98. The van der Waals surface area contributed by atoms with E-state index in [4.69, 9.17) is 20.9 Å². The van der Waals surface area contributed by atoms with Gasteiger partial charge in [-0.25, -0.2) is 0 Å². The average Bonchev–Trinajstić information content (AvgIpc) is 2.90. The molecule has 2 rings (SSSR count). The molecule has 1 amide bonds. The van der Waals surface area contributed by atoms with Gasteiger partial charge in [-0.15, -0.1) is 0 Å². The van der Waals surface area contributed by atoms with E-state index in [2.05, 4.69) is 10.5 Å². The van der Waals surface area contributed by atoms with E-state index < -0.39 is 6.10 Å². The third-order valence-electron chi connectivity index (χ3n) is 3.89. The molecule has 0 bridgehead atoms. The molecule has 25 heavy (non-hydrogen) atoms. The van der Waals surface area contributed by atoms with Crippen LogP contribution in [0.2, 0.25) is 5.02 Å². The number of hydrogen-bond donors (Lipinski definition) is 2. The molecule has 0 saturated heterocycles. The zero-order valence-electron chi connectivity index (χ0n) is 14.6. The van der Waals surface area contributed by atoms with E-state index in [1.165, 1.54) is 0 Å². The Morgan fingerprint density at radius 1 is 1.40 bits per heavy atom. The molecule has 1 aromatic carbocycles. The Kier molecular flexibility index (Phi) is 6.84. The van der Waals surface area contributed by atoms with Crippen LogP contribution in [0.25, 0.3) is 0 Å². The molecule has 136 valence electrons. The minimum atomic E-state index is -0.793. The van der Waals surface area contributed by atoms with Crippen LogP contribution in [-0.2, 0) is 11.2 Å². The van der Waals surface area contributed by atoms with Gasteiger partial charge in [0.2, 0.25) is 5.91 Å². The number of nitrogens with zero attached hydrogens (tertiary/aromatic N) is 1. The molecule has 2 aromatic rings. The summed E-state index contributed by atoms with van der Waals surface area (Å²) in [4.78, 5) is 11.9. The summed E-state index contributed by atoms with van der Waals surface area (Å²) in [5.41, 5.74) is 2.66. The van der Waals surface area contributed by atoms with E-state index in [-0.39, 0.29) is 19.1 Å². The number of carbonyl (C=O) groups is 1. The Morgan fingerprint density at radius 2 is 2.16 bits per heavy atom. The largest absolute Gasteiger partial charge is 0.491 e. The highest BCUT2D eigenvalue weighted by Gasteiger charge is 2.12. The number of carbonyl (C=O) groups excluding carboxylic acids is 1. The summed E-state index contributed by atoms with van der Waals surface area (Å²) in [7, 11) is 0. The summed E-state index contributed by atoms with van der Waals surface area (Å²) < 4.78 is 10.6. The van der Waals surface area contributed by atoms with E-state index in [1.54, 1.807) is 18.2 Å². The van der Waals surface area contributed by atoms with Crippen LogP contribution >= 0.6 is 11.6 Å². The number of aromatic nitrogens is 1. The van der Waals surface area contributed by atoms with Crippen molar-refractivity contribution in [2.24, 2.45) is 0 Å². The van der Waals surface area contributed by atoms with Gasteiger partial charge in [0, 0.05) is 23.6 Å². The van der Waals surface area contributed by atoms with E-state index in [9.17, 15) is 9.90 Å². The van der Waals surface area contributed by atoms with Crippen molar-refractivity contribution in [3.05, 3.63) is 45.8 Å². The van der Waals surface area contributed by atoms with Crippen molar-refractivity contribution in [2.75, 3.05) is 13.2 Å².